The summed E-state index contributed by atoms with van der Waals surface area (Å²) >= 11 is 7.63. The van der Waals surface area contributed by atoms with Gasteiger partial charge >= 0.3 is 0 Å². The van der Waals surface area contributed by atoms with Gasteiger partial charge in [-0.15, -0.1) is 12.4 Å². The molecule has 9 heteroatoms. The van der Waals surface area contributed by atoms with Crippen molar-refractivity contribution in [3.05, 3.63) is 65.6 Å². The summed E-state index contributed by atoms with van der Waals surface area (Å²) in [4.78, 5) is 23.4. The number of fused-ring (bicyclic) bond motifs is 1. The van der Waals surface area contributed by atoms with Crippen LogP contribution in [0.15, 0.2) is 53.7 Å². The van der Waals surface area contributed by atoms with Crippen LogP contribution in [0.25, 0.3) is 10.2 Å². The number of nitrogens with zero attached hydrogens (tertiary/aromatic N) is 4. The molecule has 0 bridgehead atoms. The van der Waals surface area contributed by atoms with E-state index >= 15 is 0 Å². The van der Waals surface area contributed by atoms with Gasteiger partial charge in [-0.3, -0.25) is 9.69 Å². The Kier molecular flexibility index (Phi) is 6.39. The molecule has 0 aliphatic carbocycles. The van der Waals surface area contributed by atoms with Crippen LogP contribution in [0.4, 0.5) is 5.13 Å². The Balaban J connectivity index is 0.00000225. The van der Waals surface area contributed by atoms with E-state index in [9.17, 15) is 4.79 Å². The van der Waals surface area contributed by atoms with E-state index in [4.69, 9.17) is 21.0 Å². The number of benzene rings is 1. The molecule has 0 spiro atoms. The van der Waals surface area contributed by atoms with Crippen molar-refractivity contribution in [2.75, 3.05) is 11.4 Å². The van der Waals surface area contributed by atoms with Gasteiger partial charge in [0.2, 0.25) is 0 Å². The maximum absolute atomic E-state index is 13.0. The Morgan fingerprint density at radius 3 is 2.96 bits per heavy atom. The first kappa shape index (κ1) is 20.4. The summed E-state index contributed by atoms with van der Waals surface area (Å²) in [6.07, 6.45) is 7.67. The molecular weight excluding hydrogens is 419 g/mol. The molecule has 0 saturated heterocycles. The van der Waals surface area contributed by atoms with Crippen molar-refractivity contribution in [2.24, 2.45) is 0 Å². The van der Waals surface area contributed by atoms with Crippen molar-refractivity contribution >= 4 is 56.6 Å². The molecule has 1 aromatic carbocycles. The van der Waals surface area contributed by atoms with Crippen molar-refractivity contribution in [1.82, 2.24) is 14.5 Å². The average molecular weight is 437 g/mol. The topological polar surface area (TPSA) is 64.2 Å². The first-order chi connectivity index (χ1) is 13.1. The van der Waals surface area contributed by atoms with E-state index in [1.54, 1.807) is 29.6 Å². The second-order valence-corrected chi connectivity index (χ2v) is 7.60. The predicted octanol–water partition coefficient (Wildman–Crippen LogP) is 5.21. The number of halogens is 2. The van der Waals surface area contributed by atoms with Crippen molar-refractivity contribution in [2.45, 2.75) is 19.9 Å². The van der Waals surface area contributed by atoms with Gasteiger partial charge in [-0.05, 0) is 43.2 Å². The van der Waals surface area contributed by atoms with Crippen molar-refractivity contribution in [3.8, 4) is 0 Å². The maximum Gasteiger partial charge on any atom is 0.295 e. The molecule has 0 aliphatic heterocycles. The molecule has 0 fully saturated rings. The number of carbonyl (C=O) groups is 1. The molecule has 6 nitrogen and oxygen atoms in total. The largest absolute Gasteiger partial charge is 0.459 e. The van der Waals surface area contributed by atoms with E-state index in [0.717, 1.165) is 28.7 Å². The Hall–Kier alpha value is -2.35. The van der Waals surface area contributed by atoms with Crippen molar-refractivity contribution in [1.29, 1.82) is 0 Å². The Morgan fingerprint density at radius 2 is 2.25 bits per heavy atom. The first-order valence-corrected chi connectivity index (χ1v) is 9.69. The quantitative estimate of drug-likeness (QED) is 0.416. The normalized spacial score (nSPS) is 10.8. The molecule has 3 aromatic heterocycles. The number of rotatable bonds is 6. The van der Waals surface area contributed by atoms with Gasteiger partial charge in [0, 0.05) is 30.5 Å². The SMILES string of the molecule is Cc1cc(Cl)cc2sc(N(CCCn3ccnc3)C(=O)c3ccco3)nc12.Cl. The van der Waals surface area contributed by atoms with Crippen LogP contribution in [-0.2, 0) is 6.54 Å². The highest BCUT2D eigenvalue weighted by Crippen LogP contribution is 2.33. The summed E-state index contributed by atoms with van der Waals surface area (Å²) in [5.74, 6) is 0.0973. The second-order valence-electron chi connectivity index (χ2n) is 6.15. The van der Waals surface area contributed by atoms with Gasteiger partial charge < -0.3 is 8.98 Å². The van der Waals surface area contributed by atoms with Crippen LogP contribution in [0.5, 0.6) is 0 Å². The number of furan rings is 1. The molecule has 146 valence electrons. The molecule has 0 atom stereocenters. The molecule has 1 amide bonds. The highest BCUT2D eigenvalue weighted by Gasteiger charge is 2.23. The maximum atomic E-state index is 13.0. The number of aromatic nitrogens is 3. The summed E-state index contributed by atoms with van der Waals surface area (Å²) in [6.45, 7) is 3.25. The van der Waals surface area contributed by atoms with E-state index in [-0.39, 0.29) is 18.3 Å². The number of anilines is 1. The van der Waals surface area contributed by atoms with E-state index in [1.165, 1.54) is 17.6 Å². The second kappa shape index (κ2) is 8.77. The molecule has 0 saturated carbocycles. The predicted molar refractivity (Wildman–Crippen MR) is 114 cm³/mol. The highest BCUT2D eigenvalue weighted by atomic mass is 35.5. The molecule has 4 aromatic rings. The van der Waals surface area contributed by atoms with Crippen LogP contribution >= 0.6 is 35.3 Å². The zero-order valence-corrected chi connectivity index (χ0v) is 17.4. The summed E-state index contributed by atoms with van der Waals surface area (Å²) in [5, 5.41) is 1.31. The fourth-order valence-electron chi connectivity index (χ4n) is 2.91. The molecule has 3 heterocycles. The number of carbonyl (C=O) groups excluding carboxylic acids is 1. The zero-order chi connectivity index (χ0) is 18.8. The van der Waals surface area contributed by atoms with Crippen LogP contribution in [0.2, 0.25) is 5.02 Å². The minimum absolute atomic E-state index is 0. The Morgan fingerprint density at radius 1 is 1.39 bits per heavy atom. The van der Waals surface area contributed by atoms with Crippen LogP contribution < -0.4 is 4.90 Å². The van der Waals surface area contributed by atoms with Gasteiger partial charge in [0.05, 0.1) is 22.8 Å². The third-order valence-electron chi connectivity index (χ3n) is 4.20. The molecule has 4 rings (SSSR count). The fourth-order valence-corrected chi connectivity index (χ4v) is 4.35. The van der Waals surface area contributed by atoms with Crippen molar-refractivity contribution < 1.29 is 9.21 Å². The molecule has 0 unspecified atom stereocenters. The molecule has 0 N–H and O–H groups in total. The van der Waals surface area contributed by atoms with Crippen LogP contribution in [-0.4, -0.2) is 27.0 Å². The number of aryl methyl sites for hydroxylation is 2. The number of amides is 1. The lowest BCUT2D eigenvalue weighted by Gasteiger charge is -2.18. The Bertz CT molecular complexity index is 1060. The Labute approximate surface area is 177 Å². The number of imidazole rings is 1. The molecule has 28 heavy (non-hydrogen) atoms. The van der Waals surface area contributed by atoms with Gasteiger partial charge in [-0.2, -0.15) is 0 Å². The van der Waals surface area contributed by atoms with Crippen LogP contribution in [0.3, 0.4) is 0 Å². The summed E-state index contributed by atoms with van der Waals surface area (Å²) in [7, 11) is 0. The van der Waals surface area contributed by atoms with E-state index in [1.807, 2.05) is 29.8 Å². The lowest BCUT2D eigenvalue weighted by atomic mass is 10.2. The average Bonchev–Trinajstić information content (AvgIpc) is 3.38. The molecule has 0 radical (unpaired) electrons. The standard InChI is InChI=1S/C19H17ClN4O2S.ClH/c1-13-10-14(20)11-16-17(13)22-19(27-16)24(18(25)15-4-2-9-26-15)7-3-6-23-8-5-21-12-23;/h2,4-5,8-12H,3,6-7H2,1H3;1H. The van der Waals surface area contributed by atoms with Crippen LogP contribution in [0, 0.1) is 6.92 Å². The summed E-state index contributed by atoms with van der Waals surface area (Å²) in [5.41, 5.74) is 1.86. The van der Waals surface area contributed by atoms with E-state index < -0.39 is 0 Å². The highest BCUT2D eigenvalue weighted by molar-refractivity contribution is 7.22. The van der Waals surface area contributed by atoms with Gasteiger partial charge in [0.1, 0.15) is 0 Å². The van der Waals surface area contributed by atoms with E-state index in [0.29, 0.717) is 22.5 Å². The third-order valence-corrected chi connectivity index (χ3v) is 5.45. The summed E-state index contributed by atoms with van der Waals surface area (Å²) in [6, 6.07) is 7.14. The lowest BCUT2D eigenvalue weighted by molar-refractivity contribution is 0.0959. The summed E-state index contributed by atoms with van der Waals surface area (Å²) < 4.78 is 8.26. The minimum Gasteiger partial charge on any atom is -0.459 e. The zero-order valence-electron chi connectivity index (χ0n) is 15.0. The number of hydrogen-bond donors (Lipinski definition) is 0. The van der Waals surface area contributed by atoms with Crippen LogP contribution in [0.1, 0.15) is 22.5 Å². The minimum atomic E-state index is -0.201. The molecule has 0 aliphatic rings. The fraction of sp³-hybridized carbons (Fsp3) is 0.211. The third kappa shape index (κ3) is 4.22. The first-order valence-electron chi connectivity index (χ1n) is 8.49. The van der Waals surface area contributed by atoms with E-state index in [2.05, 4.69) is 4.98 Å². The van der Waals surface area contributed by atoms with Gasteiger partial charge in [0.15, 0.2) is 10.9 Å². The monoisotopic (exact) mass is 436 g/mol. The smallest absolute Gasteiger partial charge is 0.295 e. The lowest BCUT2D eigenvalue weighted by Crippen LogP contribution is -2.32. The van der Waals surface area contributed by atoms with Gasteiger partial charge in [0.25, 0.3) is 5.91 Å². The number of hydrogen-bond acceptors (Lipinski definition) is 5. The van der Waals surface area contributed by atoms with Gasteiger partial charge in [-0.25, -0.2) is 9.97 Å². The van der Waals surface area contributed by atoms with Crippen molar-refractivity contribution in [3.63, 3.8) is 0 Å². The number of thiazole rings is 1. The molecular formula is C19H18Cl2N4O2S. The van der Waals surface area contributed by atoms with Gasteiger partial charge in [-0.1, -0.05) is 22.9 Å².